The van der Waals surface area contributed by atoms with Gasteiger partial charge in [-0.2, -0.15) is 0 Å². The van der Waals surface area contributed by atoms with Gasteiger partial charge < -0.3 is 0 Å². The fourth-order valence-corrected chi connectivity index (χ4v) is 3.75. The summed E-state index contributed by atoms with van der Waals surface area (Å²) in [4.78, 5) is 12.1. The smallest absolute Gasteiger partial charge is 0.219 e. The molecule has 0 spiro atoms. The molecule has 0 N–H and O–H groups in total. The molecule has 0 fully saturated rings. The second kappa shape index (κ2) is 5.11. The minimum atomic E-state index is 0.109. The zero-order chi connectivity index (χ0) is 12.4. The van der Waals surface area contributed by atoms with Crippen LogP contribution in [0.5, 0.6) is 0 Å². The van der Waals surface area contributed by atoms with Gasteiger partial charge in [0, 0.05) is 16.6 Å². The first-order valence-electron chi connectivity index (χ1n) is 5.48. The van der Waals surface area contributed by atoms with Crippen molar-refractivity contribution < 1.29 is 4.79 Å². The van der Waals surface area contributed by atoms with Gasteiger partial charge >= 0.3 is 0 Å². The van der Waals surface area contributed by atoms with Crippen molar-refractivity contribution >= 4 is 28.6 Å². The van der Waals surface area contributed by atoms with Gasteiger partial charge in [0.2, 0.25) is 10.3 Å². The van der Waals surface area contributed by atoms with E-state index in [9.17, 15) is 4.79 Å². The van der Waals surface area contributed by atoms with E-state index >= 15 is 0 Å². The summed E-state index contributed by atoms with van der Waals surface area (Å²) < 4.78 is 1.75. The van der Waals surface area contributed by atoms with Crippen LogP contribution in [0.3, 0.4) is 0 Å². The third-order valence-electron chi connectivity index (χ3n) is 2.56. The van der Waals surface area contributed by atoms with Crippen molar-refractivity contribution in [3.8, 4) is 0 Å². The van der Waals surface area contributed by atoms with E-state index in [4.69, 9.17) is 0 Å². The number of benzene rings is 1. The van der Waals surface area contributed by atoms with Crippen LogP contribution in [0, 0.1) is 0 Å². The third kappa shape index (κ3) is 2.41. The van der Waals surface area contributed by atoms with Crippen molar-refractivity contribution in [1.29, 1.82) is 0 Å². The summed E-state index contributed by atoms with van der Waals surface area (Å²) in [7, 11) is 0. The molecule has 0 aliphatic carbocycles. The Morgan fingerprint density at radius 2 is 2.22 bits per heavy atom. The molecule has 0 amide bonds. The zero-order valence-electron chi connectivity index (χ0n) is 9.39. The van der Waals surface area contributed by atoms with Gasteiger partial charge in [-0.25, -0.2) is 4.68 Å². The SMILES string of the molecule is O=C(SC1CSc2nnnn2C1)c1ccccc1. The lowest BCUT2D eigenvalue weighted by Crippen LogP contribution is -2.23. The normalized spacial score (nSPS) is 18.3. The first-order chi connectivity index (χ1) is 8.83. The maximum absolute atomic E-state index is 12.1. The summed E-state index contributed by atoms with van der Waals surface area (Å²) in [6.07, 6.45) is 0. The van der Waals surface area contributed by atoms with E-state index < -0.39 is 0 Å². The molecule has 0 saturated heterocycles. The van der Waals surface area contributed by atoms with Crippen LogP contribution >= 0.6 is 23.5 Å². The Morgan fingerprint density at radius 1 is 1.39 bits per heavy atom. The molecule has 1 aliphatic rings. The van der Waals surface area contributed by atoms with Crippen molar-refractivity contribution in [3.63, 3.8) is 0 Å². The fraction of sp³-hybridized carbons (Fsp3) is 0.273. The molecule has 1 aromatic heterocycles. The van der Waals surface area contributed by atoms with E-state index in [-0.39, 0.29) is 10.4 Å². The van der Waals surface area contributed by atoms with Crippen LogP contribution in [0.15, 0.2) is 35.5 Å². The van der Waals surface area contributed by atoms with Crippen molar-refractivity contribution in [3.05, 3.63) is 35.9 Å². The van der Waals surface area contributed by atoms with E-state index in [1.54, 1.807) is 16.4 Å². The summed E-state index contributed by atoms with van der Waals surface area (Å²) in [6.45, 7) is 0.693. The monoisotopic (exact) mass is 278 g/mol. The standard InChI is InChI=1S/C11H10N4OS2/c16-10(8-4-2-1-3-5-8)18-9-6-15-11(17-7-9)12-13-14-15/h1-5,9H,6-7H2. The first-order valence-corrected chi connectivity index (χ1v) is 7.34. The van der Waals surface area contributed by atoms with Crippen molar-refractivity contribution in [2.24, 2.45) is 0 Å². The summed E-state index contributed by atoms with van der Waals surface area (Å²) in [5.74, 6) is 0.865. The molecule has 92 valence electrons. The Labute approximate surface area is 112 Å². The van der Waals surface area contributed by atoms with Gasteiger partial charge in [-0.05, 0) is 10.4 Å². The summed E-state index contributed by atoms with van der Waals surface area (Å²) >= 11 is 2.96. The lowest BCUT2D eigenvalue weighted by Gasteiger charge is -2.19. The zero-order valence-corrected chi connectivity index (χ0v) is 11.0. The van der Waals surface area contributed by atoms with E-state index in [0.717, 1.165) is 16.5 Å². The minimum absolute atomic E-state index is 0.109. The van der Waals surface area contributed by atoms with Crippen LogP contribution in [-0.4, -0.2) is 36.3 Å². The number of thioether (sulfide) groups is 2. The number of carbonyl (C=O) groups excluding carboxylic acids is 1. The van der Waals surface area contributed by atoms with Gasteiger partial charge in [-0.3, -0.25) is 4.79 Å². The molecule has 18 heavy (non-hydrogen) atoms. The molecule has 1 aliphatic heterocycles. The molecule has 2 aromatic rings. The molecule has 0 saturated carbocycles. The van der Waals surface area contributed by atoms with Crippen LogP contribution in [0.25, 0.3) is 0 Å². The lowest BCUT2D eigenvalue weighted by atomic mass is 10.2. The third-order valence-corrected chi connectivity index (χ3v) is 4.99. The molecular weight excluding hydrogens is 268 g/mol. The molecule has 5 nitrogen and oxygen atoms in total. The second-order valence-electron chi connectivity index (χ2n) is 3.85. The van der Waals surface area contributed by atoms with Crippen LogP contribution in [0.4, 0.5) is 0 Å². The Morgan fingerprint density at radius 3 is 3.06 bits per heavy atom. The van der Waals surface area contributed by atoms with Gasteiger partial charge in [0.15, 0.2) is 0 Å². The number of nitrogens with zero attached hydrogens (tertiary/aromatic N) is 4. The summed E-state index contributed by atoms with van der Waals surface area (Å²) in [5.41, 5.74) is 0.745. The van der Waals surface area contributed by atoms with E-state index in [2.05, 4.69) is 15.5 Å². The second-order valence-corrected chi connectivity index (χ2v) is 6.11. The van der Waals surface area contributed by atoms with Crippen molar-refractivity contribution in [2.75, 3.05) is 5.75 Å². The molecule has 3 rings (SSSR count). The average molecular weight is 278 g/mol. The Bertz CT molecular complexity index is 557. The number of hydrogen-bond donors (Lipinski definition) is 0. The molecule has 7 heteroatoms. The van der Waals surface area contributed by atoms with Gasteiger partial charge in [0.25, 0.3) is 0 Å². The first kappa shape index (κ1) is 11.7. The lowest BCUT2D eigenvalue weighted by molar-refractivity contribution is 0.108. The maximum Gasteiger partial charge on any atom is 0.219 e. The minimum Gasteiger partial charge on any atom is -0.282 e. The Balaban J connectivity index is 1.67. The molecule has 2 heterocycles. The number of tetrazole rings is 1. The fourth-order valence-electron chi connectivity index (χ4n) is 1.69. The van der Waals surface area contributed by atoms with Gasteiger partial charge in [0.05, 0.1) is 6.54 Å². The van der Waals surface area contributed by atoms with Crippen LogP contribution < -0.4 is 0 Å². The molecule has 1 unspecified atom stereocenters. The largest absolute Gasteiger partial charge is 0.282 e. The molecule has 0 bridgehead atoms. The highest BCUT2D eigenvalue weighted by Gasteiger charge is 2.24. The molecular formula is C11H10N4OS2. The number of fused-ring (bicyclic) bond motifs is 1. The molecule has 0 radical (unpaired) electrons. The molecule has 1 atom stereocenters. The van der Waals surface area contributed by atoms with Crippen molar-refractivity contribution in [2.45, 2.75) is 17.0 Å². The number of hydrogen-bond acceptors (Lipinski definition) is 6. The quantitative estimate of drug-likeness (QED) is 0.833. The summed E-state index contributed by atoms with van der Waals surface area (Å²) in [5, 5.41) is 12.6. The van der Waals surface area contributed by atoms with Crippen molar-refractivity contribution in [1.82, 2.24) is 20.2 Å². The van der Waals surface area contributed by atoms with Crippen LogP contribution in [0.1, 0.15) is 10.4 Å². The topological polar surface area (TPSA) is 60.7 Å². The molecule has 1 aromatic carbocycles. The number of aromatic nitrogens is 4. The predicted molar refractivity (Wildman–Crippen MR) is 70.7 cm³/mol. The van der Waals surface area contributed by atoms with E-state index in [0.29, 0.717) is 6.54 Å². The van der Waals surface area contributed by atoms with Crippen LogP contribution in [-0.2, 0) is 6.54 Å². The Kier molecular flexibility index (Phi) is 3.33. The number of rotatable bonds is 2. The average Bonchev–Trinajstić information content (AvgIpc) is 2.87. The Hall–Kier alpha value is -1.34. The highest BCUT2D eigenvalue weighted by atomic mass is 32.2. The number of carbonyl (C=O) groups is 1. The van der Waals surface area contributed by atoms with E-state index in [1.807, 2.05) is 30.3 Å². The summed E-state index contributed by atoms with van der Waals surface area (Å²) in [6, 6.07) is 9.35. The predicted octanol–water partition coefficient (Wildman–Crippen LogP) is 1.72. The van der Waals surface area contributed by atoms with Crippen LogP contribution in [0.2, 0.25) is 0 Å². The highest BCUT2D eigenvalue weighted by Crippen LogP contribution is 2.29. The van der Waals surface area contributed by atoms with Gasteiger partial charge in [-0.1, -0.05) is 53.9 Å². The van der Waals surface area contributed by atoms with Gasteiger partial charge in [-0.15, -0.1) is 5.10 Å². The van der Waals surface area contributed by atoms with E-state index in [1.165, 1.54) is 11.8 Å². The maximum atomic E-state index is 12.1. The highest BCUT2D eigenvalue weighted by molar-refractivity contribution is 8.15. The van der Waals surface area contributed by atoms with Gasteiger partial charge in [0.1, 0.15) is 0 Å².